The summed E-state index contributed by atoms with van der Waals surface area (Å²) in [5.74, 6) is 0.935. The minimum atomic E-state index is 0.254. The van der Waals surface area contributed by atoms with Crippen molar-refractivity contribution in [3.05, 3.63) is 24.0 Å². The summed E-state index contributed by atoms with van der Waals surface area (Å²) in [5.41, 5.74) is 1.12. The normalized spacial score (nSPS) is 17.2. The average Bonchev–Trinajstić information content (AvgIpc) is 2.71. The second-order valence-electron chi connectivity index (χ2n) is 2.72. The summed E-state index contributed by atoms with van der Waals surface area (Å²) >= 11 is 0. The zero-order valence-corrected chi connectivity index (χ0v) is 5.62. The third kappa shape index (κ3) is 0.967. The van der Waals surface area contributed by atoms with Crippen molar-refractivity contribution in [2.75, 3.05) is 0 Å². The summed E-state index contributed by atoms with van der Waals surface area (Å²) in [6.45, 7) is 0. The van der Waals surface area contributed by atoms with Gasteiger partial charge in [0.2, 0.25) is 0 Å². The van der Waals surface area contributed by atoms with Crippen LogP contribution in [0.25, 0.3) is 0 Å². The van der Waals surface area contributed by atoms with Gasteiger partial charge in [0, 0.05) is 11.6 Å². The quantitative estimate of drug-likeness (QED) is 0.635. The first-order chi connectivity index (χ1) is 4.86. The van der Waals surface area contributed by atoms with Crippen LogP contribution in [0.3, 0.4) is 0 Å². The molecule has 0 atom stereocenters. The molecule has 0 aliphatic heterocycles. The van der Waals surface area contributed by atoms with Crippen LogP contribution in [0, 0.1) is 0 Å². The molecule has 0 saturated heterocycles. The molecule has 10 heavy (non-hydrogen) atoms. The third-order valence-electron chi connectivity index (χ3n) is 1.77. The Morgan fingerprint density at radius 2 is 2.20 bits per heavy atom. The molecule has 1 aromatic heterocycles. The third-order valence-corrected chi connectivity index (χ3v) is 1.77. The first-order valence-electron chi connectivity index (χ1n) is 3.51. The van der Waals surface area contributed by atoms with Gasteiger partial charge < -0.3 is 5.11 Å². The fourth-order valence-electron chi connectivity index (χ4n) is 1.02. The highest BCUT2D eigenvalue weighted by Crippen LogP contribution is 2.38. The predicted octanol–water partition coefficient (Wildman–Crippen LogP) is 1.66. The first kappa shape index (κ1) is 5.71. The van der Waals surface area contributed by atoms with E-state index < -0.39 is 0 Å². The minimum absolute atomic E-state index is 0.254. The summed E-state index contributed by atoms with van der Waals surface area (Å²) in [5, 5.41) is 8.90. The van der Waals surface area contributed by atoms with Crippen molar-refractivity contribution in [3.8, 4) is 5.75 Å². The van der Waals surface area contributed by atoms with Gasteiger partial charge >= 0.3 is 0 Å². The van der Waals surface area contributed by atoms with E-state index in [1.807, 2.05) is 6.07 Å². The number of aromatic hydroxyl groups is 1. The highest BCUT2D eigenvalue weighted by atomic mass is 16.3. The summed E-state index contributed by atoms with van der Waals surface area (Å²) in [6.07, 6.45) is 4.03. The van der Waals surface area contributed by atoms with E-state index in [-0.39, 0.29) is 5.75 Å². The second kappa shape index (κ2) is 1.97. The van der Waals surface area contributed by atoms with E-state index in [1.165, 1.54) is 19.0 Å². The van der Waals surface area contributed by atoms with E-state index in [0.29, 0.717) is 5.92 Å². The molecule has 0 radical (unpaired) electrons. The SMILES string of the molecule is Oc1ccc(C2CC2)nc1. The lowest BCUT2D eigenvalue weighted by molar-refractivity contribution is 0.472. The van der Waals surface area contributed by atoms with Gasteiger partial charge in [0.05, 0.1) is 6.20 Å². The molecule has 1 aliphatic carbocycles. The highest BCUT2D eigenvalue weighted by Gasteiger charge is 2.24. The Kier molecular flexibility index (Phi) is 1.13. The van der Waals surface area contributed by atoms with Gasteiger partial charge in [-0.05, 0) is 25.0 Å². The van der Waals surface area contributed by atoms with Gasteiger partial charge in [0.1, 0.15) is 5.75 Å². The Bertz CT molecular complexity index is 226. The molecule has 1 N–H and O–H groups in total. The monoisotopic (exact) mass is 135 g/mol. The lowest BCUT2D eigenvalue weighted by Gasteiger charge is -1.94. The van der Waals surface area contributed by atoms with Crippen molar-refractivity contribution in [2.24, 2.45) is 0 Å². The van der Waals surface area contributed by atoms with E-state index in [1.54, 1.807) is 6.07 Å². The molecule has 1 saturated carbocycles. The topological polar surface area (TPSA) is 33.1 Å². The van der Waals surface area contributed by atoms with Crippen molar-refractivity contribution in [3.63, 3.8) is 0 Å². The number of hydrogen-bond acceptors (Lipinski definition) is 2. The smallest absolute Gasteiger partial charge is 0.133 e. The van der Waals surface area contributed by atoms with Gasteiger partial charge in [0.15, 0.2) is 0 Å². The number of nitrogens with zero attached hydrogens (tertiary/aromatic N) is 1. The number of pyridine rings is 1. The van der Waals surface area contributed by atoms with Crippen LogP contribution in [0.4, 0.5) is 0 Å². The van der Waals surface area contributed by atoms with Crippen LogP contribution in [0.1, 0.15) is 24.5 Å². The molecule has 0 unspecified atom stereocenters. The first-order valence-corrected chi connectivity index (χ1v) is 3.51. The largest absolute Gasteiger partial charge is 0.506 e. The van der Waals surface area contributed by atoms with Crippen molar-refractivity contribution < 1.29 is 5.11 Å². The minimum Gasteiger partial charge on any atom is -0.506 e. The molecule has 0 spiro atoms. The summed E-state index contributed by atoms with van der Waals surface area (Å²) in [6, 6.07) is 3.59. The zero-order chi connectivity index (χ0) is 6.97. The van der Waals surface area contributed by atoms with E-state index in [9.17, 15) is 0 Å². The molecule has 2 heteroatoms. The molecule has 2 nitrogen and oxygen atoms in total. The maximum atomic E-state index is 8.90. The Balaban J connectivity index is 2.28. The summed E-state index contributed by atoms with van der Waals surface area (Å²) in [7, 11) is 0. The Morgan fingerprint density at radius 3 is 2.70 bits per heavy atom. The maximum absolute atomic E-state index is 8.90. The van der Waals surface area contributed by atoms with Crippen LogP contribution >= 0.6 is 0 Å². The van der Waals surface area contributed by atoms with Crippen molar-refractivity contribution in [2.45, 2.75) is 18.8 Å². The van der Waals surface area contributed by atoms with Crippen LogP contribution in [0.5, 0.6) is 5.75 Å². The summed E-state index contributed by atoms with van der Waals surface area (Å²) in [4.78, 5) is 4.09. The predicted molar refractivity (Wildman–Crippen MR) is 37.9 cm³/mol. The van der Waals surface area contributed by atoms with E-state index in [0.717, 1.165) is 5.69 Å². The fourth-order valence-corrected chi connectivity index (χ4v) is 1.02. The zero-order valence-electron chi connectivity index (χ0n) is 5.62. The van der Waals surface area contributed by atoms with Crippen LogP contribution < -0.4 is 0 Å². The highest BCUT2D eigenvalue weighted by molar-refractivity contribution is 5.22. The van der Waals surface area contributed by atoms with Gasteiger partial charge in [-0.3, -0.25) is 4.98 Å². The van der Waals surface area contributed by atoms with E-state index >= 15 is 0 Å². The van der Waals surface area contributed by atoms with Crippen molar-refractivity contribution in [1.29, 1.82) is 0 Å². The maximum Gasteiger partial charge on any atom is 0.133 e. The Morgan fingerprint density at radius 1 is 1.40 bits per heavy atom. The van der Waals surface area contributed by atoms with Crippen molar-refractivity contribution in [1.82, 2.24) is 4.98 Å². The molecular formula is C8H9NO. The molecule has 0 bridgehead atoms. The van der Waals surface area contributed by atoms with Gasteiger partial charge in [-0.15, -0.1) is 0 Å². The molecule has 52 valence electrons. The lowest BCUT2D eigenvalue weighted by Crippen LogP contribution is -1.82. The van der Waals surface area contributed by atoms with Gasteiger partial charge in [-0.25, -0.2) is 0 Å². The van der Waals surface area contributed by atoms with Gasteiger partial charge in [-0.1, -0.05) is 0 Å². The Hall–Kier alpha value is -1.05. The van der Waals surface area contributed by atoms with Crippen LogP contribution in [-0.4, -0.2) is 10.1 Å². The molecule has 1 aromatic rings. The average molecular weight is 135 g/mol. The number of hydrogen-bond donors (Lipinski definition) is 1. The van der Waals surface area contributed by atoms with Crippen LogP contribution in [0.2, 0.25) is 0 Å². The van der Waals surface area contributed by atoms with Crippen LogP contribution in [-0.2, 0) is 0 Å². The number of rotatable bonds is 1. The standard InChI is InChI=1S/C8H9NO/c10-7-3-4-8(9-5-7)6-1-2-6/h3-6,10H,1-2H2. The van der Waals surface area contributed by atoms with E-state index in [4.69, 9.17) is 5.11 Å². The van der Waals surface area contributed by atoms with Gasteiger partial charge in [-0.2, -0.15) is 0 Å². The van der Waals surface area contributed by atoms with Gasteiger partial charge in [0.25, 0.3) is 0 Å². The Labute approximate surface area is 59.5 Å². The van der Waals surface area contributed by atoms with Crippen LogP contribution in [0.15, 0.2) is 18.3 Å². The summed E-state index contributed by atoms with van der Waals surface area (Å²) < 4.78 is 0. The molecule has 0 amide bonds. The molecule has 2 rings (SSSR count). The van der Waals surface area contributed by atoms with Crippen molar-refractivity contribution >= 4 is 0 Å². The lowest BCUT2D eigenvalue weighted by atomic mass is 10.2. The molecule has 1 heterocycles. The fraction of sp³-hybridized carbons (Fsp3) is 0.375. The van der Waals surface area contributed by atoms with E-state index in [2.05, 4.69) is 4.98 Å². The second-order valence-corrected chi connectivity index (χ2v) is 2.72. The number of aromatic nitrogens is 1. The molecule has 1 fully saturated rings. The molecule has 1 aliphatic rings. The molecule has 0 aromatic carbocycles. The molecular weight excluding hydrogens is 126 g/mol.